The van der Waals surface area contributed by atoms with Gasteiger partial charge in [-0.05, 0) is 48.5 Å². The summed E-state index contributed by atoms with van der Waals surface area (Å²) < 4.78 is 6.37. The summed E-state index contributed by atoms with van der Waals surface area (Å²) in [5, 5.41) is 14.3. The highest BCUT2D eigenvalue weighted by molar-refractivity contribution is 5.93. The Balaban J connectivity index is 1.66. The Bertz CT molecular complexity index is 933. The van der Waals surface area contributed by atoms with Crippen LogP contribution in [-0.4, -0.2) is 38.7 Å². The monoisotopic (exact) mass is 365 g/mol. The molecule has 1 heterocycles. The third-order valence-electron chi connectivity index (χ3n) is 3.81. The number of aromatic nitrogens is 4. The van der Waals surface area contributed by atoms with Crippen LogP contribution in [0.5, 0.6) is 0 Å². The number of carbonyl (C=O) groups excluding carboxylic acids is 2. The van der Waals surface area contributed by atoms with Crippen molar-refractivity contribution in [3.8, 4) is 11.4 Å². The summed E-state index contributed by atoms with van der Waals surface area (Å²) in [6, 6.07) is 14.2. The highest BCUT2D eigenvalue weighted by Gasteiger charge is 2.13. The molecule has 0 radical (unpaired) electrons. The van der Waals surface area contributed by atoms with Crippen LogP contribution in [0.3, 0.4) is 0 Å². The first-order valence-electron chi connectivity index (χ1n) is 8.47. The number of ether oxygens (including phenoxy) is 1. The van der Waals surface area contributed by atoms with E-state index in [9.17, 15) is 9.59 Å². The summed E-state index contributed by atoms with van der Waals surface area (Å²) in [7, 11) is 0. The molecule has 1 aromatic heterocycles. The van der Waals surface area contributed by atoms with E-state index in [1.165, 1.54) is 4.68 Å². The fourth-order valence-electron chi connectivity index (χ4n) is 2.46. The van der Waals surface area contributed by atoms with E-state index in [4.69, 9.17) is 4.74 Å². The van der Waals surface area contributed by atoms with Crippen molar-refractivity contribution in [2.75, 3.05) is 11.9 Å². The van der Waals surface area contributed by atoms with Gasteiger partial charge in [0.15, 0.2) is 5.82 Å². The SMILES string of the molecule is CCOC(=O)c1ccc(NC(=O)Cn2nnnc2-c2ccc(C)cc2)cc1. The number of amides is 1. The Labute approximate surface area is 156 Å². The number of rotatable bonds is 6. The van der Waals surface area contributed by atoms with Crippen molar-refractivity contribution >= 4 is 17.6 Å². The van der Waals surface area contributed by atoms with Crippen LogP contribution in [0.2, 0.25) is 0 Å². The topological polar surface area (TPSA) is 99.0 Å². The van der Waals surface area contributed by atoms with E-state index in [-0.39, 0.29) is 12.5 Å². The normalized spacial score (nSPS) is 10.4. The lowest BCUT2D eigenvalue weighted by molar-refractivity contribution is -0.116. The minimum Gasteiger partial charge on any atom is -0.462 e. The van der Waals surface area contributed by atoms with Gasteiger partial charge in [0.05, 0.1) is 12.2 Å². The molecule has 0 bridgehead atoms. The second-order valence-corrected chi connectivity index (χ2v) is 5.87. The molecule has 0 spiro atoms. The molecular formula is C19H19N5O3. The minimum absolute atomic E-state index is 0.0319. The number of nitrogens with zero attached hydrogens (tertiary/aromatic N) is 4. The summed E-state index contributed by atoms with van der Waals surface area (Å²) in [4.78, 5) is 24.0. The molecule has 0 unspecified atom stereocenters. The maximum Gasteiger partial charge on any atom is 0.338 e. The molecule has 8 nitrogen and oxygen atoms in total. The van der Waals surface area contributed by atoms with Gasteiger partial charge in [-0.1, -0.05) is 29.8 Å². The zero-order valence-corrected chi connectivity index (χ0v) is 15.0. The molecule has 0 saturated carbocycles. The molecule has 0 atom stereocenters. The number of nitrogens with one attached hydrogen (secondary N) is 1. The largest absolute Gasteiger partial charge is 0.462 e. The van der Waals surface area contributed by atoms with E-state index in [1.54, 1.807) is 31.2 Å². The van der Waals surface area contributed by atoms with Gasteiger partial charge in [0.1, 0.15) is 6.54 Å². The Kier molecular flexibility index (Phi) is 5.55. The number of hydrogen-bond donors (Lipinski definition) is 1. The molecule has 0 aliphatic carbocycles. The first-order valence-corrected chi connectivity index (χ1v) is 8.47. The number of hydrogen-bond acceptors (Lipinski definition) is 6. The van der Waals surface area contributed by atoms with E-state index in [2.05, 4.69) is 20.8 Å². The zero-order valence-electron chi connectivity index (χ0n) is 15.0. The molecule has 1 N–H and O–H groups in total. The average Bonchev–Trinajstić information content (AvgIpc) is 3.11. The number of aryl methyl sites for hydroxylation is 1. The molecule has 0 aliphatic rings. The number of benzene rings is 2. The van der Waals surface area contributed by atoms with Crippen molar-refractivity contribution in [2.24, 2.45) is 0 Å². The molecule has 2 aromatic carbocycles. The van der Waals surface area contributed by atoms with E-state index >= 15 is 0 Å². The summed E-state index contributed by atoms with van der Waals surface area (Å²) in [6.07, 6.45) is 0. The molecule has 3 rings (SSSR count). The van der Waals surface area contributed by atoms with Gasteiger partial charge >= 0.3 is 5.97 Å². The highest BCUT2D eigenvalue weighted by atomic mass is 16.5. The van der Waals surface area contributed by atoms with Crippen molar-refractivity contribution in [3.05, 3.63) is 59.7 Å². The first-order chi connectivity index (χ1) is 13.1. The smallest absolute Gasteiger partial charge is 0.338 e. The summed E-state index contributed by atoms with van der Waals surface area (Å²) >= 11 is 0. The van der Waals surface area contributed by atoms with Crippen LogP contribution in [-0.2, 0) is 16.1 Å². The Morgan fingerprint density at radius 1 is 1.07 bits per heavy atom. The van der Waals surface area contributed by atoms with Crippen molar-refractivity contribution in [1.82, 2.24) is 20.2 Å². The van der Waals surface area contributed by atoms with E-state index < -0.39 is 5.97 Å². The van der Waals surface area contributed by atoms with Crippen LogP contribution < -0.4 is 5.32 Å². The van der Waals surface area contributed by atoms with Crippen molar-refractivity contribution in [2.45, 2.75) is 20.4 Å². The Morgan fingerprint density at radius 2 is 1.78 bits per heavy atom. The molecular weight excluding hydrogens is 346 g/mol. The van der Waals surface area contributed by atoms with Gasteiger partial charge in [-0.3, -0.25) is 4.79 Å². The Morgan fingerprint density at radius 3 is 2.44 bits per heavy atom. The first kappa shape index (κ1) is 18.2. The standard InChI is InChI=1S/C19H19N5O3/c1-3-27-19(26)15-8-10-16(11-9-15)20-17(25)12-24-18(21-22-23-24)14-6-4-13(2)5-7-14/h4-11H,3,12H2,1-2H3,(H,20,25). The van der Waals surface area contributed by atoms with Crippen LogP contribution in [0.1, 0.15) is 22.8 Å². The summed E-state index contributed by atoms with van der Waals surface area (Å²) in [5.41, 5.74) is 2.95. The number of anilines is 1. The van der Waals surface area contributed by atoms with Crippen LogP contribution in [0, 0.1) is 6.92 Å². The van der Waals surface area contributed by atoms with Gasteiger partial charge in [-0.15, -0.1) is 5.10 Å². The van der Waals surface area contributed by atoms with Crippen LogP contribution in [0.4, 0.5) is 5.69 Å². The molecule has 0 fully saturated rings. The van der Waals surface area contributed by atoms with Crippen molar-refractivity contribution < 1.29 is 14.3 Å². The predicted molar refractivity (Wildman–Crippen MR) is 99.0 cm³/mol. The lowest BCUT2D eigenvalue weighted by Crippen LogP contribution is -2.20. The van der Waals surface area contributed by atoms with Gasteiger partial charge in [0.2, 0.25) is 5.91 Å². The predicted octanol–water partition coefficient (Wildman–Crippen LogP) is 2.46. The zero-order chi connectivity index (χ0) is 19.2. The quantitative estimate of drug-likeness (QED) is 0.674. The third kappa shape index (κ3) is 4.55. The maximum atomic E-state index is 12.3. The number of tetrazole rings is 1. The van der Waals surface area contributed by atoms with Gasteiger partial charge in [0.25, 0.3) is 0 Å². The molecule has 27 heavy (non-hydrogen) atoms. The molecule has 8 heteroatoms. The molecule has 0 saturated heterocycles. The number of esters is 1. The van der Waals surface area contributed by atoms with E-state index in [0.29, 0.717) is 23.7 Å². The third-order valence-corrected chi connectivity index (χ3v) is 3.81. The molecule has 138 valence electrons. The maximum absolute atomic E-state index is 12.3. The van der Waals surface area contributed by atoms with Gasteiger partial charge in [-0.2, -0.15) is 0 Å². The van der Waals surface area contributed by atoms with E-state index in [0.717, 1.165) is 11.1 Å². The summed E-state index contributed by atoms with van der Waals surface area (Å²) in [6.45, 7) is 4.02. The van der Waals surface area contributed by atoms with E-state index in [1.807, 2.05) is 31.2 Å². The lowest BCUT2D eigenvalue weighted by Gasteiger charge is -2.08. The molecule has 0 aliphatic heterocycles. The minimum atomic E-state index is -0.396. The fraction of sp³-hybridized carbons (Fsp3) is 0.211. The van der Waals surface area contributed by atoms with Gasteiger partial charge in [-0.25, -0.2) is 9.48 Å². The van der Waals surface area contributed by atoms with Gasteiger partial charge in [0, 0.05) is 11.3 Å². The average molecular weight is 365 g/mol. The van der Waals surface area contributed by atoms with Crippen LogP contribution in [0.25, 0.3) is 11.4 Å². The van der Waals surface area contributed by atoms with Crippen molar-refractivity contribution in [1.29, 1.82) is 0 Å². The number of carbonyl (C=O) groups is 2. The lowest BCUT2D eigenvalue weighted by atomic mass is 10.1. The Hall–Kier alpha value is -3.55. The van der Waals surface area contributed by atoms with Crippen LogP contribution >= 0.6 is 0 Å². The molecule has 3 aromatic rings. The van der Waals surface area contributed by atoms with Gasteiger partial charge < -0.3 is 10.1 Å². The van der Waals surface area contributed by atoms with Crippen LogP contribution in [0.15, 0.2) is 48.5 Å². The second kappa shape index (κ2) is 8.22. The highest BCUT2D eigenvalue weighted by Crippen LogP contribution is 2.16. The summed E-state index contributed by atoms with van der Waals surface area (Å²) in [5.74, 6) is -0.158. The van der Waals surface area contributed by atoms with Crippen molar-refractivity contribution in [3.63, 3.8) is 0 Å². The second-order valence-electron chi connectivity index (χ2n) is 5.87. The molecule has 1 amide bonds. The fourth-order valence-corrected chi connectivity index (χ4v) is 2.46.